The minimum absolute atomic E-state index is 0. The van der Waals surface area contributed by atoms with E-state index in [9.17, 15) is 152 Å². The van der Waals surface area contributed by atoms with Crippen LogP contribution < -0.4 is 18.9 Å². The van der Waals surface area contributed by atoms with Crippen molar-refractivity contribution in [3.8, 4) is 172 Å². The first-order valence-electron chi connectivity index (χ1n) is 38.7. The van der Waals surface area contributed by atoms with Crippen LogP contribution in [0.4, 0.5) is 0 Å². The Morgan fingerprint density at radius 3 is 0.634 bits per heavy atom. The Kier molecular flexibility index (Phi) is 26.2. The van der Waals surface area contributed by atoms with Gasteiger partial charge < -0.3 is 171 Å². The van der Waals surface area contributed by atoms with Crippen molar-refractivity contribution >= 4 is 23.9 Å². The maximum absolute atomic E-state index is 12.8. The van der Waals surface area contributed by atoms with E-state index in [-0.39, 0.29) is 158 Å². The molecule has 38 nitrogen and oxygen atoms in total. The highest BCUT2D eigenvalue weighted by Gasteiger charge is 2.43. The largest absolute Gasteiger partial charge is 0.508 e. The Bertz CT molecular complexity index is 5990. The topological polar surface area (TPSA) is 668 Å². The molecule has 16 rings (SSSR count). The molecule has 0 saturated carbocycles. The van der Waals surface area contributed by atoms with Crippen LogP contribution in [0.1, 0.15) is 140 Å². The molecule has 12 aromatic carbocycles. The van der Waals surface area contributed by atoms with Crippen LogP contribution in [0.25, 0.3) is 0 Å². The van der Waals surface area contributed by atoms with Gasteiger partial charge in [0.05, 0.1) is 22.3 Å². The van der Waals surface area contributed by atoms with E-state index >= 15 is 0 Å². The van der Waals surface area contributed by atoms with Gasteiger partial charge in [0.2, 0.25) is 0 Å². The van der Waals surface area contributed by atoms with E-state index in [1.54, 1.807) is 52.0 Å². The maximum atomic E-state index is 12.8. The molecule has 8 atom stereocenters. The van der Waals surface area contributed by atoms with Crippen molar-refractivity contribution in [3.05, 3.63) is 247 Å². The summed E-state index contributed by atoms with van der Waals surface area (Å²) in [5.74, 6) is -15.1. The van der Waals surface area contributed by atoms with Crippen molar-refractivity contribution in [2.75, 3.05) is 0 Å². The van der Waals surface area contributed by atoms with Gasteiger partial charge in [-0.2, -0.15) is 0 Å². The fourth-order valence-corrected chi connectivity index (χ4v) is 14.7. The van der Waals surface area contributed by atoms with E-state index in [1.807, 2.05) is 0 Å². The Labute approximate surface area is 739 Å². The van der Waals surface area contributed by atoms with Crippen molar-refractivity contribution in [2.45, 2.75) is 110 Å². The normalized spacial score (nSPS) is 17.1. The van der Waals surface area contributed by atoms with E-state index in [1.165, 1.54) is 60.7 Å². The van der Waals surface area contributed by atoms with Gasteiger partial charge in [-0.05, 0) is 158 Å². The summed E-state index contributed by atoms with van der Waals surface area (Å²) in [6, 6.07) is 32.1. The molecule has 131 heavy (non-hydrogen) atoms. The number of phenolic OH excluding ortho intramolecular Hbond substituents is 26. The standard InChI is InChI=1S/2C23H20O10.2C23H20O9.CH4/c2*1-9-2-10(3-15(26)20(9)29)22-19(8-13-14(25)6-12(24)7-18(13)32-22)33-23(31)11-4-16(27)21(30)17(28)5-11;2*1-10-4-11(2-3-15(10)25)22-20(9-14-16(26)7-13(24)8-19(14)31-22)32-23(30)12-5-17(27)21(29)18(28)6-12;/h2*2-7,19,22,24-30H,8H2,1H3;2*2-8,20,22,24-29H,9H2,1H3;1H4/t2*19?,22-;2*20?,22-;/m1010./s1. The number of carbonyl (C=O) groups excluding carboxylic acids is 4. The predicted molar refractivity (Wildman–Crippen MR) is 451 cm³/mol. The zero-order chi connectivity index (χ0) is 94.4. The second-order valence-corrected chi connectivity index (χ2v) is 30.5. The number of aromatic hydroxyl groups is 26. The monoisotopic (exact) mass is 1810 g/mol. The highest BCUT2D eigenvalue weighted by molar-refractivity contribution is 5.93. The number of esters is 4. The van der Waals surface area contributed by atoms with Gasteiger partial charge in [-0.3, -0.25) is 0 Å². The lowest BCUT2D eigenvalue weighted by Gasteiger charge is -2.34. The van der Waals surface area contributed by atoms with Gasteiger partial charge in [-0.15, -0.1) is 0 Å². The molecule has 4 aliphatic rings. The van der Waals surface area contributed by atoms with Crippen LogP contribution >= 0.6 is 0 Å². The molecule has 38 heteroatoms. The fourth-order valence-electron chi connectivity index (χ4n) is 14.7. The molecule has 4 aliphatic heterocycles. The molecule has 12 aromatic rings. The number of benzene rings is 12. The Morgan fingerprint density at radius 1 is 0.229 bits per heavy atom. The van der Waals surface area contributed by atoms with Crippen molar-refractivity contribution in [1.29, 1.82) is 0 Å². The summed E-state index contributed by atoms with van der Waals surface area (Å²) in [5, 5.41) is 255. The molecule has 4 unspecified atom stereocenters. The van der Waals surface area contributed by atoms with Gasteiger partial charge in [0.25, 0.3) is 0 Å². The first-order valence-corrected chi connectivity index (χ1v) is 38.7. The lowest BCUT2D eigenvalue weighted by Crippen LogP contribution is -2.34. The predicted octanol–water partition coefficient (Wildman–Crippen LogP) is 12.6. The number of fused-ring (bicyclic) bond motifs is 4. The summed E-state index contributed by atoms with van der Waals surface area (Å²) in [4.78, 5) is 51.0. The summed E-state index contributed by atoms with van der Waals surface area (Å²) in [7, 11) is 0. The van der Waals surface area contributed by atoms with E-state index in [4.69, 9.17) is 37.9 Å². The molecule has 26 N–H and O–H groups in total. The van der Waals surface area contributed by atoms with Crippen LogP contribution in [0.5, 0.6) is 172 Å². The molecule has 684 valence electrons. The van der Waals surface area contributed by atoms with Crippen LogP contribution in [-0.2, 0) is 44.6 Å². The third-order valence-corrected chi connectivity index (χ3v) is 21.3. The highest BCUT2D eigenvalue weighted by Crippen LogP contribution is 2.52. The quantitative estimate of drug-likeness (QED) is 0.0307. The average molecular weight is 1810 g/mol. The van der Waals surface area contributed by atoms with E-state index in [0.29, 0.717) is 55.6 Å². The van der Waals surface area contributed by atoms with Gasteiger partial charge in [0.1, 0.15) is 105 Å². The van der Waals surface area contributed by atoms with Gasteiger partial charge in [-0.25, -0.2) is 19.2 Å². The number of ether oxygens (including phenoxy) is 8. The minimum Gasteiger partial charge on any atom is -0.508 e. The SMILES string of the molecule is C.Cc1cc([C@@H]2Oc3cc(O)cc(O)c3CC2OC(=O)c2cc(O)c(O)c(O)c2)cc(O)c1O.Cc1cc([C@@H]2Oc3cc(O)cc(O)c3CC2OC(=O)c2cc(O)c(O)c(O)c2)ccc1O.Cc1cc([C@H]2Oc3cc(O)cc(O)c3CC2OC(=O)c2cc(O)c(O)c(O)c2)cc(O)c1O.Cc1cc([C@H]2Oc3cc(O)cc(O)c3CC2OC(=O)c2cc(O)c(O)c(O)c2)ccc1O. The zero-order valence-corrected chi connectivity index (χ0v) is 68.0. The van der Waals surface area contributed by atoms with Crippen LogP contribution in [0.2, 0.25) is 0 Å². The molecule has 0 aromatic heterocycles. The van der Waals surface area contributed by atoms with Gasteiger partial charge in [0.15, 0.2) is 116 Å². The summed E-state index contributed by atoms with van der Waals surface area (Å²) < 4.78 is 46.1. The molecular formula is C93H84O38. The van der Waals surface area contributed by atoms with E-state index in [2.05, 4.69) is 0 Å². The fraction of sp³-hybridized carbons (Fsp3) is 0.183. The van der Waals surface area contributed by atoms with Gasteiger partial charge in [0, 0.05) is 108 Å². The third-order valence-electron chi connectivity index (χ3n) is 21.3. The number of hydrogen-bond donors (Lipinski definition) is 26. The van der Waals surface area contributed by atoms with Crippen LogP contribution in [0.3, 0.4) is 0 Å². The second-order valence-electron chi connectivity index (χ2n) is 30.5. The Morgan fingerprint density at radius 2 is 0.427 bits per heavy atom. The molecule has 0 amide bonds. The Hall–Kier alpha value is -17.5. The molecule has 0 spiro atoms. The van der Waals surface area contributed by atoms with Crippen molar-refractivity contribution in [1.82, 2.24) is 0 Å². The third kappa shape index (κ3) is 19.6. The summed E-state index contributed by atoms with van der Waals surface area (Å²) >= 11 is 0. The average Bonchev–Trinajstić information content (AvgIpc) is 0.783. The first-order chi connectivity index (χ1) is 61.4. The molecule has 4 heterocycles. The van der Waals surface area contributed by atoms with Crippen molar-refractivity contribution in [3.63, 3.8) is 0 Å². The lowest BCUT2D eigenvalue weighted by atomic mass is 9.92. The maximum Gasteiger partial charge on any atom is 0.338 e. The summed E-state index contributed by atoms with van der Waals surface area (Å²) in [5.41, 5.74) is 3.85. The van der Waals surface area contributed by atoms with Gasteiger partial charge in [-0.1, -0.05) is 19.6 Å². The van der Waals surface area contributed by atoms with Gasteiger partial charge >= 0.3 is 23.9 Å². The molecule has 0 aliphatic carbocycles. The lowest BCUT2D eigenvalue weighted by molar-refractivity contribution is -0.0192. The number of hydrogen-bond acceptors (Lipinski definition) is 38. The second kappa shape index (κ2) is 37.0. The van der Waals surface area contributed by atoms with E-state index in [0.717, 1.165) is 72.8 Å². The molecule has 0 bridgehead atoms. The molecule has 0 fully saturated rings. The molecule has 0 saturated heterocycles. The molecule has 0 radical (unpaired) electrons. The number of aryl methyl sites for hydroxylation is 4. The highest BCUT2D eigenvalue weighted by atomic mass is 16.6. The van der Waals surface area contributed by atoms with E-state index < -0.39 is 153 Å². The van der Waals surface area contributed by atoms with Crippen LogP contribution in [0.15, 0.2) is 158 Å². The number of carbonyl (C=O) groups is 4. The zero-order valence-electron chi connectivity index (χ0n) is 68.0. The smallest absolute Gasteiger partial charge is 0.338 e. The molecular weight excluding hydrogens is 1720 g/mol. The minimum atomic E-state index is -1.07. The van der Waals surface area contributed by atoms with Crippen molar-refractivity contribution < 1.29 is 190 Å². The van der Waals surface area contributed by atoms with Crippen molar-refractivity contribution in [2.24, 2.45) is 0 Å². The van der Waals surface area contributed by atoms with Crippen LogP contribution in [-0.4, -0.2) is 181 Å². The summed E-state index contributed by atoms with van der Waals surface area (Å²) in [6.07, 6.45) is -7.81. The number of phenols is 26. The Balaban J connectivity index is 0.000000157. The first kappa shape index (κ1) is 92.7. The van der Waals surface area contributed by atoms with Crippen LogP contribution in [0, 0.1) is 27.7 Å². The summed E-state index contributed by atoms with van der Waals surface area (Å²) in [6.45, 7) is 6.48. The number of rotatable bonds is 12.